The molecule has 2 aromatic carbocycles. The van der Waals surface area contributed by atoms with Crippen LogP contribution in [0.5, 0.6) is 11.5 Å². The first-order chi connectivity index (χ1) is 13.2. The van der Waals surface area contributed by atoms with E-state index in [0.717, 1.165) is 41.0 Å². The summed E-state index contributed by atoms with van der Waals surface area (Å²) in [6.07, 6.45) is 0. The van der Waals surface area contributed by atoms with Crippen molar-refractivity contribution in [2.45, 2.75) is 31.0 Å². The molecule has 0 fully saturated rings. The van der Waals surface area contributed by atoms with Crippen molar-refractivity contribution in [2.24, 2.45) is 0 Å². The van der Waals surface area contributed by atoms with Crippen molar-refractivity contribution >= 4 is 22.7 Å². The minimum atomic E-state index is 0.225. The van der Waals surface area contributed by atoms with E-state index >= 15 is 0 Å². The second-order valence-corrected chi connectivity index (χ2v) is 7.73. The van der Waals surface area contributed by atoms with Gasteiger partial charge in [-0.1, -0.05) is 32.0 Å². The molecular formula is C22H24N2O2S. The lowest BCUT2D eigenvalue weighted by Crippen LogP contribution is -2.22. The molecule has 0 spiro atoms. The van der Waals surface area contributed by atoms with Crippen molar-refractivity contribution in [3.05, 3.63) is 47.5 Å². The molecule has 1 aliphatic rings. The number of aromatic hydroxyl groups is 1. The summed E-state index contributed by atoms with van der Waals surface area (Å²) in [5, 5.41) is 11.8. The third kappa shape index (κ3) is 3.15. The predicted octanol–water partition coefficient (Wildman–Crippen LogP) is 5.06. The number of aromatic nitrogens is 1. The first-order valence-corrected chi connectivity index (χ1v) is 10.3. The average molecular weight is 381 g/mol. The van der Waals surface area contributed by atoms with Crippen molar-refractivity contribution in [1.29, 1.82) is 0 Å². The molecule has 27 heavy (non-hydrogen) atoms. The van der Waals surface area contributed by atoms with Crippen LogP contribution in [0, 0.1) is 0 Å². The maximum absolute atomic E-state index is 10.8. The summed E-state index contributed by atoms with van der Waals surface area (Å²) in [5.74, 6) is 1.60. The Balaban J connectivity index is 1.95. The number of hydrogen-bond acceptors (Lipinski definition) is 5. The number of fused-ring (bicyclic) bond motifs is 4. The summed E-state index contributed by atoms with van der Waals surface area (Å²) in [5.41, 5.74) is 5.21. The van der Waals surface area contributed by atoms with Gasteiger partial charge in [0.2, 0.25) is 0 Å². The molecule has 5 heteroatoms. The Bertz CT molecular complexity index is 999. The number of rotatable bonds is 5. The van der Waals surface area contributed by atoms with Gasteiger partial charge >= 0.3 is 0 Å². The van der Waals surface area contributed by atoms with Crippen LogP contribution in [0.1, 0.15) is 25.0 Å². The van der Waals surface area contributed by atoms with Crippen LogP contribution in [0.25, 0.3) is 22.2 Å². The summed E-state index contributed by atoms with van der Waals surface area (Å²) in [6.45, 7) is 6.80. The van der Waals surface area contributed by atoms with Gasteiger partial charge in [0.25, 0.3) is 0 Å². The second-order valence-electron chi connectivity index (χ2n) is 6.71. The standard InChI is InChI=1S/C22H24N2O2S/c1-4-24(5-2)12-17-16-10-14-13-27-20-9-7-6-8-15(20)21(14)23-18(16)11-19(26-3)22(17)25/h6-11,25H,4-5,12-13H2,1-3H3. The number of ether oxygens (including phenoxy) is 1. The van der Waals surface area contributed by atoms with Crippen molar-refractivity contribution in [2.75, 3.05) is 20.2 Å². The highest BCUT2D eigenvalue weighted by Gasteiger charge is 2.22. The van der Waals surface area contributed by atoms with E-state index < -0.39 is 0 Å². The maximum atomic E-state index is 10.8. The molecule has 4 nitrogen and oxygen atoms in total. The van der Waals surface area contributed by atoms with E-state index in [4.69, 9.17) is 9.72 Å². The summed E-state index contributed by atoms with van der Waals surface area (Å²) in [7, 11) is 1.59. The molecule has 0 aliphatic carbocycles. The Morgan fingerprint density at radius 2 is 1.96 bits per heavy atom. The van der Waals surface area contributed by atoms with E-state index in [9.17, 15) is 5.11 Å². The van der Waals surface area contributed by atoms with Crippen LogP contribution < -0.4 is 4.74 Å². The van der Waals surface area contributed by atoms with Gasteiger partial charge in [0.05, 0.1) is 18.3 Å². The number of phenols is 1. The predicted molar refractivity (Wildman–Crippen MR) is 112 cm³/mol. The quantitative estimate of drug-likeness (QED) is 0.670. The fraction of sp³-hybridized carbons (Fsp3) is 0.318. The molecule has 1 aromatic heterocycles. The normalized spacial score (nSPS) is 12.9. The zero-order chi connectivity index (χ0) is 19.0. The number of pyridine rings is 1. The fourth-order valence-electron chi connectivity index (χ4n) is 3.66. The van der Waals surface area contributed by atoms with Gasteiger partial charge in [-0.3, -0.25) is 4.90 Å². The van der Waals surface area contributed by atoms with Crippen molar-refractivity contribution in [3.8, 4) is 22.8 Å². The van der Waals surface area contributed by atoms with Gasteiger partial charge in [0.1, 0.15) is 0 Å². The van der Waals surface area contributed by atoms with Crippen LogP contribution in [0.4, 0.5) is 0 Å². The Morgan fingerprint density at radius 1 is 1.19 bits per heavy atom. The van der Waals surface area contributed by atoms with Crippen LogP contribution in [-0.4, -0.2) is 35.2 Å². The molecule has 1 N–H and O–H groups in total. The molecule has 0 amide bonds. The Kier molecular flexibility index (Phi) is 4.98. The number of hydrogen-bond donors (Lipinski definition) is 1. The Morgan fingerprint density at radius 3 is 2.70 bits per heavy atom. The van der Waals surface area contributed by atoms with Crippen LogP contribution >= 0.6 is 11.8 Å². The maximum Gasteiger partial charge on any atom is 0.163 e. The lowest BCUT2D eigenvalue weighted by molar-refractivity contribution is 0.289. The van der Waals surface area contributed by atoms with Crippen molar-refractivity contribution in [3.63, 3.8) is 0 Å². The third-order valence-electron chi connectivity index (χ3n) is 5.26. The minimum Gasteiger partial charge on any atom is -0.504 e. The molecule has 3 aromatic rings. The summed E-state index contributed by atoms with van der Waals surface area (Å²) in [6, 6.07) is 12.5. The molecule has 1 aliphatic heterocycles. The minimum absolute atomic E-state index is 0.225. The fourth-order valence-corrected chi connectivity index (χ4v) is 4.69. The zero-order valence-electron chi connectivity index (χ0n) is 16.0. The number of nitrogens with zero attached hydrogens (tertiary/aromatic N) is 2. The van der Waals surface area contributed by atoms with E-state index in [0.29, 0.717) is 12.3 Å². The number of thioether (sulfide) groups is 1. The second kappa shape index (κ2) is 7.41. The van der Waals surface area contributed by atoms with Crippen LogP contribution in [0.15, 0.2) is 41.3 Å². The molecule has 0 atom stereocenters. The molecule has 4 rings (SSSR count). The van der Waals surface area contributed by atoms with E-state index in [1.807, 2.05) is 17.8 Å². The summed E-state index contributed by atoms with van der Waals surface area (Å²) in [4.78, 5) is 8.56. The molecule has 0 saturated carbocycles. The first-order valence-electron chi connectivity index (χ1n) is 9.33. The van der Waals surface area contributed by atoms with Gasteiger partial charge in [-0.05, 0) is 30.8 Å². The van der Waals surface area contributed by atoms with Gasteiger partial charge in [0.15, 0.2) is 11.5 Å². The average Bonchev–Trinajstić information content (AvgIpc) is 2.71. The highest BCUT2D eigenvalue weighted by molar-refractivity contribution is 7.98. The topological polar surface area (TPSA) is 45.6 Å². The zero-order valence-corrected chi connectivity index (χ0v) is 16.8. The highest BCUT2D eigenvalue weighted by Crippen LogP contribution is 2.44. The van der Waals surface area contributed by atoms with Crippen LogP contribution in [0.2, 0.25) is 0 Å². The molecule has 140 valence electrons. The molecule has 2 heterocycles. The Hall–Kier alpha value is -2.24. The SMILES string of the molecule is CCN(CC)Cc1c(O)c(OC)cc2nc3c(cc12)CSc1ccccc1-3. The molecule has 0 bridgehead atoms. The van der Waals surface area contributed by atoms with Gasteiger partial charge < -0.3 is 9.84 Å². The molecule has 0 unspecified atom stereocenters. The lowest BCUT2D eigenvalue weighted by Gasteiger charge is -2.23. The number of methoxy groups -OCH3 is 1. The van der Waals surface area contributed by atoms with Gasteiger partial charge in [0, 0.05) is 39.8 Å². The summed E-state index contributed by atoms with van der Waals surface area (Å²) < 4.78 is 5.44. The van der Waals surface area contributed by atoms with Gasteiger partial charge in [-0.15, -0.1) is 11.8 Å². The van der Waals surface area contributed by atoms with Gasteiger partial charge in [-0.2, -0.15) is 0 Å². The smallest absolute Gasteiger partial charge is 0.163 e. The van der Waals surface area contributed by atoms with E-state index in [-0.39, 0.29) is 5.75 Å². The first kappa shape index (κ1) is 18.1. The monoisotopic (exact) mass is 380 g/mol. The number of phenolic OH excluding ortho intramolecular Hbond substituents is 1. The van der Waals surface area contributed by atoms with Crippen LogP contribution in [0.3, 0.4) is 0 Å². The highest BCUT2D eigenvalue weighted by atomic mass is 32.2. The summed E-state index contributed by atoms with van der Waals surface area (Å²) >= 11 is 1.84. The largest absolute Gasteiger partial charge is 0.504 e. The molecule has 0 radical (unpaired) electrons. The number of benzene rings is 2. The van der Waals surface area contributed by atoms with E-state index in [1.165, 1.54) is 16.0 Å². The van der Waals surface area contributed by atoms with E-state index in [2.05, 4.69) is 49.1 Å². The van der Waals surface area contributed by atoms with Crippen molar-refractivity contribution in [1.82, 2.24) is 9.88 Å². The molecular weight excluding hydrogens is 356 g/mol. The molecule has 0 saturated heterocycles. The lowest BCUT2D eigenvalue weighted by atomic mass is 9.99. The van der Waals surface area contributed by atoms with Gasteiger partial charge in [-0.25, -0.2) is 4.98 Å². The third-order valence-corrected chi connectivity index (χ3v) is 6.39. The van der Waals surface area contributed by atoms with Crippen molar-refractivity contribution < 1.29 is 9.84 Å². The Labute approximate surface area is 164 Å². The van der Waals surface area contributed by atoms with Crippen LogP contribution in [-0.2, 0) is 12.3 Å². The van der Waals surface area contributed by atoms with E-state index in [1.54, 1.807) is 7.11 Å².